The Balaban J connectivity index is 1.68. The van der Waals surface area contributed by atoms with E-state index in [1.807, 2.05) is 50.2 Å². The fourth-order valence-electron chi connectivity index (χ4n) is 2.48. The van der Waals surface area contributed by atoms with Gasteiger partial charge in [-0.2, -0.15) is 0 Å². The Bertz CT molecular complexity index is 676. The predicted octanol–water partition coefficient (Wildman–Crippen LogP) is 5.39. The molecule has 0 aliphatic carbocycles. The molecule has 0 saturated carbocycles. The van der Waals surface area contributed by atoms with Crippen LogP contribution in [0.25, 0.3) is 0 Å². The van der Waals surface area contributed by atoms with E-state index < -0.39 is 0 Å². The first-order chi connectivity index (χ1) is 12.4. The van der Waals surface area contributed by atoms with E-state index in [9.17, 15) is 4.79 Å². The third-order valence-corrected chi connectivity index (χ3v) is 3.87. The van der Waals surface area contributed by atoms with Crippen molar-refractivity contribution in [2.24, 2.45) is 0 Å². The standard InChI is InChI=1S/C22H29NO3/c1-16(2)18-7-11-20(12-8-18)25-15-5-6-22(24)23-19-9-13-21(14-10-19)26-17(3)4/h7-14,16-17H,5-6,15H2,1-4H3,(H,23,24). The van der Waals surface area contributed by atoms with Gasteiger partial charge in [0.25, 0.3) is 0 Å². The SMILES string of the molecule is CC(C)Oc1ccc(NC(=O)CCCOc2ccc(C(C)C)cc2)cc1. The van der Waals surface area contributed by atoms with Crippen LogP contribution in [0.3, 0.4) is 0 Å². The van der Waals surface area contributed by atoms with E-state index in [0.29, 0.717) is 25.4 Å². The number of carbonyl (C=O) groups excluding carboxylic acids is 1. The molecule has 26 heavy (non-hydrogen) atoms. The van der Waals surface area contributed by atoms with Crippen molar-refractivity contribution in [1.82, 2.24) is 0 Å². The molecule has 1 amide bonds. The molecule has 0 aliphatic rings. The van der Waals surface area contributed by atoms with E-state index >= 15 is 0 Å². The second-order valence-electron chi connectivity index (χ2n) is 6.91. The topological polar surface area (TPSA) is 47.6 Å². The van der Waals surface area contributed by atoms with Crippen LogP contribution in [0.1, 0.15) is 52.0 Å². The van der Waals surface area contributed by atoms with Gasteiger partial charge in [-0.25, -0.2) is 0 Å². The quantitative estimate of drug-likeness (QED) is 0.613. The number of amides is 1. The first-order valence-electron chi connectivity index (χ1n) is 9.23. The van der Waals surface area contributed by atoms with Crippen LogP contribution in [0.5, 0.6) is 11.5 Å². The maximum absolute atomic E-state index is 12.0. The Kier molecular flexibility index (Phi) is 7.52. The van der Waals surface area contributed by atoms with E-state index in [1.54, 1.807) is 0 Å². The summed E-state index contributed by atoms with van der Waals surface area (Å²) < 4.78 is 11.3. The second kappa shape index (κ2) is 9.85. The van der Waals surface area contributed by atoms with E-state index in [0.717, 1.165) is 17.2 Å². The Morgan fingerprint density at radius 1 is 0.923 bits per heavy atom. The minimum atomic E-state index is -0.0127. The third kappa shape index (κ3) is 6.79. The predicted molar refractivity (Wildman–Crippen MR) is 106 cm³/mol. The summed E-state index contributed by atoms with van der Waals surface area (Å²) in [5.74, 6) is 2.14. The van der Waals surface area contributed by atoms with Gasteiger partial charge in [0, 0.05) is 12.1 Å². The largest absolute Gasteiger partial charge is 0.494 e. The number of anilines is 1. The lowest BCUT2D eigenvalue weighted by atomic mass is 10.0. The summed E-state index contributed by atoms with van der Waals surface area (Å²) in [6, 6.07) is 15.6. The summed E-state index contributed by atoms with van der Waals surface area (Å²) in [5, 5.41) is 2.89. The summed E-state index contributed by atoms with van der Waals surface area (Å²) in [7, 11) is 0. The van der Waals surface area contributed by atoms with Crippen molar-refractivity contribution in [3.63, 3.8) is 0 Å². The van der Waals surface area contributed by atoms with Gasteiger partial charge in [0.2, 0.25) is 5.91 Å². The maximum Gasteiger partial charge on any atom is 0.224 e. The van der Waals surface area contributed by atoms with Gasteiger partial charge < -0.3 is 14.8 Å². The molecule has 0 fully saturated rings. The van der Waals surface area contributed by atoms with Gasteiger partial charge in [-0.15, -0.1) is 0 Å². The highest BCUT2D eigenvalue weighted by molar-refractivity contribution is 5.90. The maximum atomic E-state index is 12.0. The lowest BCUT2D eigenvalue weighted by molar-refractivity contribution is -0.116. The Hall–Kier alpha value is -2.49. The molecule has 2 rings (SSSR count). The third-order valence-electron chi connectivity index (χ3n) is 3.87. The average molecular weight is 355 g/mol. The minimum Gasteiger partial charge on any atom is -0.494 e. The molecular formula is C22H29NO3. The first-order valence-corrected chi connectivity index (χ1v) is 9.23. The van der Waals surface area contributed by atoms with Crippen LogP contribution in [-0.4, -0.2) is 18.6 Å². The molecule has 2 aromatic rings. The van der Waals surface area contributed by atoms with Crippen LogP contribution in [-0.2, 0) is 4.79 Å². The molecule has 0 atom stereocenters. The molecule has 0 unspecified atom stereocenters. The van der Waals surface area contributed by atoms with Gasteiger partial charge in [-0.3, -0.25) is 4.79 Å². The number of hydrogen-bond donors (Lipinski definition) is 1. The molecule has 4 nitrogen and oxygen atoms in total. The van der Waals surface area contributed by atoms with E-state index in [2.05, 4.69) is 31.3 Å². The van der Waals surface area contributed by atoms with Crippen LogP contribution in [0.2, 0.25) is 0 Å². The lowest BCUT2D eigenvalue weighted by Gasteiger charge is -2.11. The van der Waals surface area contributed by atoms with Crippen molar-refractivity contribution >= 4 is 11.6 Å². The number of ether oxygens (including phenoxy) is 2. The van der Waals surface area contributed by atoms with Crippen molar-refractivity contribution in [2.45, 2.75) is 52.6 Å². The summed E-state index contributed by atoms with van der Waals surface area (Å²) in [6.45, 7) is 8.82. The van der Waals surface area contributed by atoms with E-state index in [-0.39, 0.29) is 12.0 Å². The van der Waals surface area contributed by atoms with E-state index in [4.69, 9.17) is 9.47 Å². The van der Waals surface area contributed by atoms with Gasteiger partial charge in [0.1, 0.15) is 11.5 Å². The van der Waals surface area contributed by atoms with Crippen molar-refractivity contribution < 1.29 is 14.3 Å². The number of benzene rings is 2. The number of nitrogens with one attached hydrogen (secondary N) is 1. The van der Waals surface area contributed by atoms with E-state index in [1.165, 1.54) is 5.56 Å². The molecule has 0 bridgehead atoms. The average Bonchev–Trinajstić information content (AvgIpc) is 2.60. The monoisotopic (exact) mass is 355 g/mol. The number of hydrogen-bond acceptors (Lipinski definition) is 3. The van der Waals surface area contributed by atoms with Crippen molar-refractivity contribution in [2.75, 3.05) is 11.9 Å². The Morgan fingerprint density at radius 2 is 1.54 bits per heavy atom. The molecular weight excluding hydrogens is 326 g/mol. The first kappa shape index (κ1) is 19.8. The van der Waals surface area contributed by atoms with Crippen molar-refractivity contribution in [1.29, 1.82) is 0 Å². The Labute approximate surface area is 156 Å². The molecule has 0 radical (unpaired) electrons. The highest BCUT2D eigenvalue weighted by atomic mass is 16.5. The summed E-state index contributed by atoms with van der Waals surface area (Å²) in [4.78, 5) is 12.0. The molecule has 0 saturated heterocycles. The fraction of sp³-hybridized carbons (Fsp3) is 0.409. The summed E-state index contributed by atoms with van der Waals surface area (Å²) in [6.07, 6.45) is 1.23. The zero-order valence-electron chi connectivity index (χ0n) is 16.1. The molecule has 0 spiro atoms. The minimum absolute atomic E-state index is 0.0127. The van der Waals surface area contributed by atoms with Crippen LogP contribution in [0.15, 0.2) is 48.5 Å². The molecule has 4 heteroatoms. The summed E-state index contributed by atoms with van der Waals surface area (Å²) in [5.41, 5.74) is 2.07. The van der Waals surface area contributed by atoms with Crippen LogP contribution < -0.4 is 14.8 Å². The van der Waals surface area contributed by atoms with Gasteiger partial charge in [0.15, 0.2) is 0 Å². The normalized spacial score (nSPS) is 10.8. The molecule has 1 N–H and O–H groups in total. The zero-order valence-corrected chi connectivity index (χ0v) is 16.1. The van der Waals surface area contributed by atoms with Crippen molar-refractivity contribution in [3.05, 3.63) is 54.1 Å². The molecule has 2 aromatic carbocycles. The second-order valence-corrected chi connectivity index (χ2v) is 6.91. The van der Waals surface area contributed by atoms with Gasteiger partial charge >= 0.3 is 0 Å². The highest BCUT2D eigenvalue weighted by Gasteiger charge is 2.04. The van der Waals surface area contributed by atoms with Crippen molar-refractivity contribution in [3.8, 4) is 11.5 Å². The summed E-state index contributed by atoms with van der Waals surface area (Å²) >= 11 is 0. The van der Waals surface area contributed by atoms with Gasteiger partial charge in [0.05, 0.1) is 12.7 Å². The number of rotatable bonds is 9. The molecule has 140 valence electrons. The highest BCUT2D eigenvalue weighted by Crippen LogP contribution is 2.19. The van der Waals surface area contributed by atoms with Crippen LogP contribution >= 0.6 is 0 Å². The Morgan fingerprint density at radius 3 is 2.12 bits per heavy atom. The molecule has 0 heterocycles. The fourth-order valence-corrected chi connectivity index (χ4v) is 2.48. The smallest absolute Gasteiger partial charge is 0.224 e. The van der Waals surface area contributed by atoms with Crippen LogP contribution in [0.4, 0.5) is 5.69 Å². The van der Waals surface area contributed by atoms with Crippen LogP contribution in [0, 0.1) is 0 Å². The van der Waals surface area contributed by atoms with Gasteiger partial charge in [-0.1, -0.05) is 26.0 Å². The molecule has 0 aromatic heterocycles. The zero-order chi connectivity index (χ0) is 18.9. The van der Waals surface area contributed by atoms with Gasteiger partial charge in [-0.05, 0) is 68.1 Å². The number of carbonyl (C=O) groups is 1. The lowest BCUT2D eigenvalue weighted by Crippen LogP contribution is -2.13. The molecule has 0 aliphatic heterocycles.